The number of nitrogens with one attached hydrogen (secondary N) is 2. The Labute approximate surface area is 139 Å². The average molecular weight is 333 g/mol. The van der Waals surface area contributed by atoms with Crippen molar-refractivity contribution in [3.8, 4) is 0 Å². The molecule has 1 aromatic rings. The first-order chi connectivity index (χ1) is 11.4. The Morgan fingerprint density at radius 2 is 1.92 bits per heavy atom. The number of carbonyl (C=O) groups is 3. The Balaban J connectivity index is 1.71. The summed E-state index contributed by atoms with van der Waals surface area (Å²) in [4.78, 5) is 37.8. The van der Waals surface area contributed by atoms with Gasteiger partial charge in [0.05, 0.1) is 0 Å². The lowest BCUT2D eigenvalue weighted by atomic mass is 9.92. The molecule has 0 aromatic heterocycles. The van der Waals surface area contributed by atoms with Gasteiger partial charge in [-0.25, -0.2) is 9.18 Å². The Morgan fingerprint density at radius 1 is 1.29 bits per heavy atom. The molecule has 6 nitrogen and oxygen atoms in total. The molecule has 4 amide bonds. The molecular weight excluding hydrogens is 313 g/mol. The Kier molecular flexibility index (Phi) is 4.26. The quantitative estimate of drug-likeness (QED) is 0.823. The first kappa shape index (κ1) is 16.4. The van der Waals surface area contributed by atoms with E-state index in [0.29, 0.717) is 5.56 Å². The molecule has 2 fully saturated rings. The SMILES string of the molecule is CC1(c2ccc(F)cc2)NC(=O)N(CC(=O)NC2CCCC2)C1=O. The maximum absolute atomic E-state index is 13.1. The third-order valence-electron chi connectivity index (χ3n) is 4.72. The molecular formula is C17H20FN3O3. The molecule has 1 heterocycles. The summed E-state index contributed by atoms with van der Waals surface area (Å²) in [5, 5.41) is 5.46. The molecule has 0 bridgehead atoms. The number of carbonyl (C=O) groups excluding carboxylic acids is 3. The molecule has 1 saturated heterocycles. The van der Waals surface area contributed by atoms with Crippen LogP contribution in [0.25, 0.3) is 0 Å². The fourth-order valence-corrected chi connectivity index (χ4v) is 3.31. The van der Waals surface area contributed by atoms with Crippen LogP contribution in [0.1, 0.15) is 38.2 Å². The van der Waals surface area contributed by atoms with E-state index in [9.17, 15) is 18.8 Å². The molecule has 0 radical (unpaired) electrons. The second kappa shape index (κ2) is 6.22. The van der Waals surface area contributed by atoms with Gasteiger partial charge in [-0.3, -0.25) is 14.5 Å². The van der Waals surface area contributed by atoms with Crippen LogP contribution in [0.15, 0.2) is 24.3 Å². The number of imide groups is 1. The van der Waals surface area contributed by atoms with E-state index in [4.69, 9.17) is 0 Å². The van der Waals surface area contributed by atoms with E-state index in [1.54, 1.807) is 6.92 Å². The lowest BCUT2D eigenvalue weighted by Crippen LogP contribution is -2.45. The van der Waals surface area contributed by atoms with Crippen molar-refractivity contribution < 1.29 is 18.8 Å². The molecule has 7 heteroatoms. The zero-order valence-electron chi connectivity index (χ0n) is 13.5. The predicted molar refractivity (Wildman–Crippen MR) is 84.4 cm³/mol. The van der Waals surface area contributed by atoms with Gasteiger partial charge in [0.2, 0.25) is 5.91 Å². The zero-order chi connectivity index (χ0) is 17.3. The highest BCUT2D eigenvalue weighted by molar-refractivity contribution is 6.09. The summed E-state index contributed by atoms with van der Waals surface area (Å²) >= 11 is 0. The fraction of sp³-hybridized carbons (Fsp3) is 0.471. The number of amides is 4. The lowest BCUT2D eigenvalue weighted by molar-refractivity contribution is -0.135. The van der Waals surface area contributed by atoms with Crippen LogP contribution in [0.2, 0.25) is 0 Å². The van der Waals surface area contributed by atoms with E-state index in [0.717, 1.165) is 30.6 Å². The number of hydrogen-bond acceptors (Lipinski definition) is 3. The molecule has 1 unspecified atom stereocenters. The molecule has 1 aliphatic heterocycles. The van der Waals surface area contributed by atoms with Gasteiger partial charge in [0, 0.05) is 6.04 Å². The maximum Gasteiger partial charge on any atom is 0.325 e. The second-order valence-electron chi connectivity index (χ2n) is 6.50. The highest BCUT2D eigenvalue weighted by atomic mass is 19.1. The maximum atomic E-state index is 13.1. The van der Waals surface area contributed by atoms with Gasteiger partial charge in [-0.2, -0.15) is 0 Å². The van der Waals surface area contributed by atoms with Gasteiger partial charge in [-0.15, -0.1) is 0 Å². The lowest BCUT2D eigenvalue weighted by Gasteiger charge is -2.22. The summed E-state index contributed by atoms with van der Waals surface area (Å²) in [5.74, 6) is -1.28. The zero-order valence-corrected chi connectivity index (χ0v) is 13.5. The van der Waals surface area contributed by atoms with Gasteiger partial charge in [0.15, 0.2) is 0 Å². The minimum atomic E-state index is -1.29. The largest absolute Gasteiger partial charge is 0.352 e. The van der Waals surface area contributed by atoms with Crippen LogP contribution in [-0.2, 0) is 15.1 Å². The number of halogens is 1. The topological polar surface area (TPSA) is 78.5 Å². The van der Waals surface area contributed by atoms with Crippen molar-refractivity contribution in [1.29, 1.82) is 0 Å². The summed E-state index contributed by atoms with van der Waals surface area (Å²) in [6.07, 6.45) is 4.02. The molecule has 2 aliphatic rings. The van der Waals surface area contributed by atoms with Gasteiger partial charge in [0.25, 0.3) is 5.91 Å². The number of benzene rings is 1. The summed E-state index contributed by atoms with van der Waals surface area (Å²) in [7, 11) is 0. The van der Waals surface area contributed by atoms with Gasteiger partial charge in [0.1, 0.15) is 17.9 Å². The standard InChI is InChI=1S/C17H20FN3O3/c1-17(11-6-8-12(18)9-7-11)15(23)21(16(24)20-17)10-14(22)19-13-4-2-3-5-13/h6-9,13H,2-5,10H2,1H3,(H,19,22)(H,20,24). The fourth-order valence-electron chi connectivity index (χ4n) is 3.31. The van der Waals surface area contributed by atoms with E-state index in [2.05, 4.69) is 10.6 Å². The molecule has 24 heavy (non-hydrogen) atoms. The summed E-state index contributed by atoms with van der Waals surface area (Å²) in [6, 6.07) is 4.88. The van der Waals surface area contributed by atoms with Crippen molar-refractivity contribution in [1.82, 2.24) is 15.5 Å². The van der Waals surface area contributed by atoms with Crippen LogP contribution in [-0.4, -0.2) is 35.3 Å². The molecule has 0 spiro atoms. The third-order valence-corrected chi connectivity index (χ3v) is 4.72. The smallest absolute Gasteiger partial charge is 0.325 e. The highest BCUT2D eigenvalue weighted by Gasteiger charge is 2.49. The van der Waals surface area contributed by atoms with Crippen molar-refractivity contribution in [3.63, 3.8) is 0 Å². The molecule has 2 N–H and O–H groups in total. The van der Waals surface area contributed by atoms with E-state index in [1.807, 2.05) is 0 Å². The Hall–Kier alpha value is -2.44. The molecule has 1 aliphatic carbocycles. The van der Waals surface area contributed by atoms with Crippen molar-refractivity contribution in [2.75, 3.05) is 6.54 Å². The summed E-state index contributed by atoms with van der Waals surface area (Å²) in [6.45, 7) is 1.24. The average Bonchev–Trinajstić information content (AvgIpc) is 3.11. The molecule has 128 valence electrons. The third kappa shape index (κ3) is 2.98. The van der Waals surface area contributed by atoms with Crippen molar-refractivity contribution in [2.45, 2.75) is 44.2 Å². The van der Waals surface area contributed by atoms with Crippen molar-refractivity contribution in [3.05, 3.63) is 35.6 Å². The highest BCUT2D eigenvalue weighted by Crippen LogP contribution is 2.28. The Bertz CT molecular complexity index is 670. The first-order valence-corrected chi connectivity index (χ1v) is 8.09. The summed E-state index contributed by atoms with van der Waals surface area (Å²) < 4.78 is 13.1. The molecule has 1 aromatic carbocycles. The predicted octanol–water partition coefficient (Wildman–Crippen LogP) is 1.65. The van der Waals surface area contributed by atoms with Crippen LogP contribution < -0.4 is 10.6 Å². The van der Waals surface area contributed by atoms with E-state index >= 15 is 0 Å². The number of urea groups is 1. The first-order valence-electron chi connectivity index (χ1n) is 8.09. The van der Waals surface area contributed by atoms with Crippen molar-refractivity contribution >= 4 is 17.8 Å². The minimum Gasteiger partial charge on any atom is -0.352 e. The van der Waals surface area contributed by atoms with E-state index in [-0.39, 0.29) is 18.5 Å². The number of nitrogens with zero attached hydrogens (tertiary/aromatic N) is 1. The van der Waals surface area contributed by atoms with Gasteiger partial charge < -0.3 is 10.6 Å². The van der Waals surface area contributed by atoms with Gasteiger partial charge in [-0.05, 0) is 37.5 Å². The number of hydrogen-bond donors (Lipinski definition) is 2. The van der Waals surface area contributed by atoms with Crippen LogP contribution in [0.5, 0.6) is 0 Å². The second-order valence-corrected chi connectivity index (χ2v) is 6.50. The van der Waals surface area contributed by atoms with Crippen LogP contribution in [0.3, 0.4) is 0 Å². The summed E-state index contributed by atoms with van der Waals surface area (Å²) in [5.41, 5.74) is -0.820. The van der Waals surface area contributed by atoms with Crippen molar-refractivity contribution in [2.24, 2.45) is 0 Å². The molecule has 1 atom stereocenters. The van der Waals surface area contributed by atoms with Crippen LogP contribution >= 0.6 is 0 Å². The van der Waals surface area contributed by atoms with Crippen LogP contribution in [0, 0.1) is 5.82 Å². The van der Waals surface area contributed by atoms with Gasteiger partial charge in [-0.1, -0.05) is 25.0 Å². The van der Waals surface area contributed by atoms with Crippen LogP contribution in [0.4, 0.5) is 9.18 Å². The minimum absolute atomic E-state index is 0.127. The van der Waals surface area contributed by atoms with Gasteiger partial charge >= 0.3 is 6.03 Å². The normalized spacial score (nSPS) is 24.3. The van der Waals surface area contributed by atoms with E-state index < -0.39 is 23.3 Å². The van der Waals surface area contributed by atoms with E-state index in [1.165, 1.54) is 24.3 Å². The number of rotatable bonds is 4. The molecule has 1 saturated carbocycles. The monoisotopic (exact) mass is 333 g/mol. The Morgan fingerprint density at radius 3 is 2.54 bits per heavy atom. The molecule has 3 rings (SSSR count).